The van der Waals surface area contributed by atoms with Crippen molar-refractivity contribution in [2.75, 3.05) is 13.7 Å². The van der Waals surface area contributed by atoms with Gasteiger partial charge in [0.25, 0.3) is 5.91 Å². The second kappa shape index (κ2) is 9.04. The van der Waals surface area contributed by atoms with Gasteiger partial charge in [-0.2, -0.15) is 0 Å². The predicted molar refractivity (Wildman–Crippen MR) is 102 cm³/mol. The minimum absolute atomic E-state index is 0.115. The average molecular weight is 354 g/mol. The lowest BCUT2D eigenvalue weighted by Crippen LogP contribution is -2.48. The Balaban J connectivity index is 2.10. The summed E-state index contributed by atoms with van der Waals surface area (Å²) >= 11 is 0. The summed E-state index contributed by atoms with van der Waals surface area (Å²) in [6, 6.07) is 14.8. The van der Waals surface area contributed by atoms with Gasteiger partial charge >= 0.3 is 0 Å². The zero-order chi connectivity index (χ0) is 19.1. The van der Waals surface area contributed by atoms with E-state index in [1.807, 2.05) is 62.4 Å². The topological polar surface area (TPSA) is 58.6 Å². The summed E-state index contributed by atoms with van der Waals surface area (Å²) in [5, 5.41) is 2.60. The number of nitrogens with one attached hydrogen (secondary N) is 1. The van der Waals surface area contributed by atoms with Crippen LogP contribution >= 0.6 is 0 Å². The van der Waals surface area contributed by atoms with Crippen LogP contribution < -0.4 is 10.1 Å². The zero-order valence-electron chi connectivity index (χ0n) is 15.8. The Morgan fingerprint density at radius 2 is 1.54 bits per heavy atom. The van der Waals surface area contributed by atoms with E-state index in [2.05, 4.69) is 5.32 Å². The highest BCUT2D eigenvalue weighted by Crippen LogP contribution is 2.14. The van der Waals surface area contributed by atoms with Gasteiger partial charge in [-0.1, -0.05) is 47.5 Å². The molecule has 0 aromatic heterocycles. The molecule has 0 saturated heterocycles. The molecule has 0 spiro atoms. The molecule has 2 amide bonds. The van der Waals surface area contributed by atoms with Crippen molar-refractivity contribution in [2.24, 2.45) is 0 Å². The van der Waals surface area contributed by atoms with Gasteiger partial charge in [0, 0.05) is 13.6 Å². The summed E-state index contributed by atoms with van der Waals surface area (Å²) in [6.45, 7) is 5.95. The summed E-state index contributed by atoms with van der Waals surface area (Å²) in [6.07, 6.45) is 0. The molecule has 0 saturated carbocycles. The highest BCUT2D eigenvalue weighted by Gasteiger charge is 2.25. The van der Waals surface area contributed by atoms with Crippen molar-refractivity contribution < 1.29 is 14.3 Å². The molecule has 0 aliphatic heterocycles. The second-order valence-corrected chi connectivity index (χ2v) is 6.40. The third-order valence-corrected chi connectivity index (χ3v) is 4.27. The van der Waals surface area contributed by atoms with Crippen LogP contribution in [0.5, 0.6) is 5.75 Å². The van der Waals surface area contributed by atoms with Crippen molar-refractivity contribution >= 4 is 11.8 Å². The van der Waals surface area contributed by atoms with Crippen molar-refractivity contribution in [3.8, 4) is 5.75 Å². The Kier molecular flexibility index (Phi) is 6.78. The van der Waals surface area contributed by atoms with Crippen LogP contribution in [-0.4, -0.2) is 36.4 Å². The van der Waals surface area contributed by atoms with Crippen molar-refractivity contribution in [2.45, 2.75) is 33.4 Å². The summed E-state index contributed by atoms with van der Waals surface area (Å²) in [5.74, 6) is 0.190. The summed E-state index contributed by atoms with van der Waals surface area (Å²) in [5.41, 5.74) is 3.24. The average Bonchev–Trinajstić information content (AvgIpc) is 2.65. The highest BCUT2D eigenvalue weighted by atomic mass is 16.5. The molecule has 5 nitrogen and oxygen atoms in total. The first-order valence-electron chi connectivity index (χ1n) is 8.66. The third-order valence-electron chi connectivity index (χ3n) is 4.27. The molecular formula is C21H26N2O3. The fourth-order valence-electron chi connectivity index (χ4n) is 2.54. The molecule has 1 atom stereocenters. The summed E-state index contributed by atoms with van der Waals surface area (Å²) < 4.78 is 5.60. The Morgan fingerprint density at radius 1 is 1.00 bits per heavy atom. The van der Waals surface area contributed by atoms with Crippen LogP contribution in [0.15, 0.2) is 48.5 Å². The van der Waals surface area contributed by atoms with Crippen molar-refractivity contribution in [3.05, 3.63) is 65.2 Å². The van der Waals surface area contributed by atoms with E-state index in [0.29, 0.717) is 12.3 Å². The second-order valence-electron chi connectivity index (χ2n) is 6.40. The van der Waals surface area contributed by atoms with E-state index in [0.717, 1.165) is 16.7 Å². The third kappa shape index (κ3) is 5.34. The molecule has 2 aromatic carbocycles. The first-order chi connectivity index (χ1) is 12.4. The van der Waals surface area contributed by atoms with E-state index < -0.39 is 6.04 Å². The number of likely N-dealkylation sites (N-methyl/N-ethyl adjacent to an activating group) is 1. The molecule has 2 aromatic rings. The SMILES string of the molecule is CNC(=O)[C@@H](C)N(Cc1ccc(C)cc1)C(=O)COc1ccc(C)cc1. The van der Waals surface area contributed by atoms with Gasteiger partial charge in [-0.25, -0.2) is 0 Å². The van der Waals surface area contributed by atoms with Crippen LogP contribution in [0.2, 0.25) is 0 Å². The molecule has 0 aliphatic carbocycles. The lowest BCUT2D eigenvalue weighted by Gasteiger charge is -2.28. The predicted octanol–water partition coefficient (Wildman–Crippen LogP) is 2.85. The molecule has 5 heteroatoms. The minimum atomic E-state index is -0.588. The van der Waals surface area contributed by atoms with Crippen LogP contribution in [0, 0.1) is 13.8 Å². The van der Waals surface area contributed by atoms with Crippen molar-refractivity contribution in [1.29, 1.82) is 0 Å². The van der Waals surface area contributed by atoms with Gasteiger partial charge in [-0.05, 0) is 38.5 Å². The quantitative estimate of drug-likeness (QED) is 0.832. The molecular weight excluding hydrogens is 328 g/mol. The van der Waals surface area contributed by atoms with Gasteiger partial charge in [0.1, 0.15) is 11.8 Å². The van der Waals surface area contributed by atoms with E-state index in [4.69, 9.17) is 4.74 Å². The molecule has 0 bridgehead atoms. The first kappa shape index (κ1) is 19.5. The molecule has 0 fully saturated rings. The molecule has 2 rings (SSSR count). The molecule has 138 valence electrons. The van der Waals surface area contributed by atoms with Crippen LogP contribution in [0.4, 0.5) is 0 Å². The van der Waals surface area contributed by atoms with Crippen LogP contribution in [0.3, 0.4) is 0 Å². The monoisotopic (exact) mass is 354 g/mol. The normalized spacial score (nSPS) is 11.5. The van der Waals surface area contributed by atoms with Gasteiger partial charge in [0.05, 0.1) is 0 Å². The molecule has 1 N–H and O–H groups in total. The fourth-order valence-corrected chi connectivity index (χ4v) is 2.54. The maximum atomic E-state index is 12.7. The number of nitrogens with zero attached hydrogens (tertiary/aromatic N) is 1. The fraction of sp³-hybridized carbons (Fsp3) is 0.333. The zero-order valence-corrected chi connectivity index (χ0v) is 15.8. The van der Waals surface area contributed by atoms with E-state index in [-0.39, 0.29) is 18.4 Å². The molecule has 0 unspecified atom stereocenters. The number of ether oxygens (including phenoxy) is 1. The lowest BCUT2D eigenvalue weighted by atomic mass is 10.1. The standard InChI is InChI=1S/C21H26N2O3/c1-15-5-9-18(10-6-15)13-23(17(3)21(25)22-4)20(24)14-26-19-11-7-16(2)8-12-19/h5-12,17H,13-14H2,1-4H3,(H,22,25)/t17-/m1/s1. The molecule has 0 aliphatic rings. The lowest BCUT2D eigenvalue weighted by molar-refractivity contribution is -0.142. The Hall–Kier alpha value is -2.82. The molecule has 26 heavy (non-hydrogen) atoms. The van der Waals surface area contributed by atoms with Gasteiger partial charge in [0.2, 0.25) is 5.91 Å². The van der Waals surface area contributed by atoms with Crippen molar-refractivity contribution in [1.82, 2.24) is 10.2 Å². The molecule has 0 radical (unpaired) electrons. The highest BCUT2D eigenvalue weighted by molar-refractivity contribution is 5.87. The summed E-state index contributed by atoms with van der Waals surface area (Å²) in [7, 11) is 1.57. The largest absolute Gasteiger partial charge is 0.484 e. The number of aryl methyl sites for hydroxylation is 2. The Morgan fingerprint density at radius 3 is 2.08 bits per heavy atom. The van der Waals surface area contributed by atoms with Gasteiger partial charge < -0.3 is 15.0 Å². The van der Waals surface area contributed by atoms with Gasteiger partial charge in [0.15, 0.2) is 6.61 Å². The number of hydrogen-bond acceptors (Lipinski definition) is 3. The number of hydrogen-bond donors (Lipinski definition) is 1. The minimum Gasteiger partial charge on any atom is -0.484 e. The van der Waals surface area contributed by atoms with E-state index in [1.165, 1.54) is 4.90 Å². The number of carbonyl (C=O) groups is 2. The Bertz CT molecular complexity index is 739. The van der Waals surface area contributed by atoms with E-state index in [9.17, 15) is 9.59 Å². The number of carbonyl (C=O) groups excluding carboxylic acids is 2. The van der Waals surface area contributed by atoms with E-state index in [1.54, 1.807) is 14.0 Å². The van der Waals surface area contributed by atoms with Crippen LogP contribution in [0.25, 0.3) is 0 Å². The number of amides is 2. The van der Waals surface area contributed by atoms with Crippen LogP contribution in [-0.2, 0) is 16.1 Å². The Labute approximate surface area is 155 Å². The maximum absolute atomic E-state index is 12.7. The number of rotatable bonds is 7. The first-order valence-corrected chi connectivity index (χ1v) is 8.66. The number of benzene rings is 2. The van der Waals surface area contributed by atoms with E-state index >= 15 is 0 Å². The van der Waals surface area contributed by atoms with Crippen LogP contribution in [0.1, 0.15) is 23.6 Å². The van der Waals surface area contributed by atoms with Crippen molar-refractivity contribution in [3.63, 3.8) is 0 Å². The van der Waals surface area contributed by atoms with Gasteiger partial charge in [-0.15, -0.1) is 0 Å². The summed E-state index contributed by atoms with van der Waals surface area (Å²) in [4.78, 5) is 26.3. The van der Waals surface area contributed by atoms with Gasteiger partial charge in [-0.3, -0.25) is 9.59 Å². The molecule has 0 heterocycles. The smallest absolute Gasteiger partial charge is 0.261 e. The maximum Gasteiger partial charge on any atom is 0.261 e.